The van der Waals surface area contributed by atoms with E-state index in [0.29, 0.717) is 17.0 Å². The first-order chi connectivity index (χ1) is 12.5. The Kier molecular flexibility index (Phi) is 4.99. The average Bonchev–Trinajstić information content (AvgIpc) is 2.93. The maximum atomic E-state index is 12.7. The molecule has 0 saturated carbocycles. The molecule has 1 aliphatic heterocycles. The molecule has 1 atom stereocenters. The fourth-order valence-corrected chi connectivity index (χ4v) is 3.16. The molecule has 1 aliphatic rings. The first kappa shape index (κ1) is 18.0. The Balaban J connectivity index is 2.13. The Bertz CT molecular complexity index is 874. The Labute approximate surface area is 158 Å². The molecule has 0 spiro atoms. The van der Waals surface area contributed by atoms with Crippen LogP contribution in [0.2, 0.25) is 0 Å². The van der Waals surface area contributed by atoms with Crippen molar-refractivity contribution in [1.29, 1.82) is 0 Å². The quantitative estimate of drug-likeness (QED) is 0.769. The third kappa shape index (κ3) is 3.06. The van der Waals surface area contributed by atoms with Crippen molar-refractivity contribution in [2.45, 2.75) is 6.04 Å². The van der Waals surface area contributed by atoms with Crippen LogP contribution in [0.15, 0.2) is 64.3 Å². The number of esters is 1. The number of hydrogen-bond donors (Lipinski definition) is 1. The summed E-state index contributed by atoms with van der Waals surface area (Å²) in [5, 5.41) is 10.3. The Hall–Kier alpha value is -2.80. The van der Waals surface area contributed by atoms with Gasteiger partial charge in [0, 0.05) is 10.2 Å². The van der Waals surface area contributed by atoms with Gasteiger partial charge in [0.05, 0.1) is 20.3 Å². The summed E-state index contributed by atoms with van der Waals surface area (Å²) in [5.41, 5.74) is 1.10. The average molecular weight is 418 g/mol. The predicted octanol–water partition coefficient (Wildman–Crippen LogP) is 3.53. The van der Waals surface area contributed by atoms with Crippen LogP contribution >= 0.6 is 15.9 Å². The minimum Gasteiger partial charge on any atom is -0.503 e. The first-order valence-electron chi connectivity index (χ1n) is 7.72. The number of anilines is 1. The number of aliphatic hydroxyl groups is 1. The molecule has 134 valence electrons. The molecule has 2 aromatic rings. The van der Waals surface area contributed by atoms with Crippen LogP contribution in [0.4, 0.5) is 5.69 Å². The number of amides is 1. The number of hydrogen-bond acceptors (Lipinski definition) is 5. The summed E-state index contributed by atoms with van der Waals surface area (Å²) in [4.78, 5) is 26.3. The number of aliphatic hydroxyl groups excluding tert-OH is 1. The smallest absolute Gasteiger partial charge is 0.340 e. The Morgan fingerprint density at radius 2 is 1.69 bits per heavy atom. The summed E-state index contributed by atoms with van der Waals surface area (Å²) in [5.74, 6) is -1.39. The maximum absolute atomic E-state index is 12.7. The highest BCUT2D eigenvalue weighted by atomic mass is 79.9. The van der Waals surface area contributed by atoms with E-state index in [9.17, 15) is 14.7 Å². The number of ether oxygens (including phenoxy) is 2. The number of rotatable bonds is 4. The number of methoxy groups -OCH3 is 2. The van der Waals surface area contributed by atoms with Crippen molar-refractivity contribution in [3.05, 3.63) is 69.9 Å². The molecule has 1 amide bonds. The van der Waals surface area contributed by atoms with Gasteiger partial charge >= 0.3 is 5.97 Å². The maximum Gasteiger partial charge on any atom is 0.340 e. The number of benzene rings is 2. The van der Waals surface area contributed by atoms with E-state index < -0.39 is 23.7 Å². The van der Waals surface area contributed by atoms with Gasteiger partial charge in [0.25, 0.3) is 5.91 Å². The molecule has 1 heterocycles. The minimum absolute atomic E-state index is 0.0874. The summed E-state index contributed by atoms with van der Waals surface area (Å²) in [6.45, 7) is 0. The molecule has 0 fully saturated rings. The second-order valence-corrected chi connectivity index (χ2v) is 6.50. The summed E-state index contributed by atoms with van der Waals surface area (Å²) in [7, 11) is 2.76. The highest BCUT2D eigenvalue weighted by Crippen LogP contribution is 2.41. The molecule has 0 bridgehead atoms. The highest BCUT2D eigenvalue weighted by Gasteiger charge is 2.45. The molecule has 1 N–H and O–H groups in total. The van der Waals surface area contributed by atoms with Crippen LogP contribution in [0.25, 0.3) is 0 Å². The molecule has 3 rings (SSSR count). The fourth-order valence-electron chi connectivity index (χ4n) is 2.89. The zero-order valence-corrected chi connectivity index (χ0v) is 15.7. The van der Waals surface area contributed by atoms with Crippen LogP contribution in [0, 0.1) is 0 Å². The van der Waals surface area contributed by atoms with Gasteiger partial charge in [0.2, 0.25) is 0 Å². The second-order valence-electron chi connectivity index (χ2n) is 5.58. The van der Waals surface area contributed by atoms with Gasteiger partial charge in [-0.05, 0) is 42.0 Å². The standard InChI is InChI=1S/C19H16BrNO5/c1-25-14-9-7-13(8-10-14)21-16(11-3-5-12(20)6-4-11)15(19(24)26-2)17(22)18(21)23/h3-10,16,22H,1-2H3. The minimum atomic E-state index is -0.795. The van der Waals surface area contributed by atoms with Crippen LogP contribution in [0.1, 0.15) is 11.6 Å². The van der Waals surface area contributed by atoms with Gasteiger partial charge in [-0.1, -0.05) is 28.1 Å². The molecular weight excluding hydrogens is 402 g/mol. The summed E-state index contributed by atoms with van der Waals surface area (Å²) in [6, 6.07) is 13.2. The van der Waals surface area contributed by atoms with Gasteiger partial charge in [-0.3, -0.25) is 9.69 Å². The molecule has 26 heavy (non-hydrogen) atoms. The Morgan fingerprint density at radius 1 is 1.08 bits per heavy atom. The van der Waals surface area contributed by atoms with E-state index in [4.69, 9.17) is 9.47 Å². The molecular formula is C19H16BrNO5. The summed E-state index contributed by atoms with van der Waals surface area (Å²) >= 11 is 3.36. The fraction of sp³-hybridized carbons (Fsp3) is 0.158. The van der Waals surface area contributed by atoms with Crippen LogP contribution < -0.4 is 9.64 Å². The number of nitrogens with zero attached hydrogens (tertiary/aromatic N) is 1. The van der Waals surface area contributed by atoms with Gasteiger partial charge in [-0.15, -0.1) is 0 Å². The lowest BCUT2D eigenvalue weighted by atomic mass is 9.99. The largest absolute Gasteiger partial charge is 0.503 e. The van der Waals surface area contributed by atoms with Crippen molar-refractivity contribution in [3.8, 4) is 5.75 Å². The van der Waals surface area contributed by atoms with Crippen molar-refractivity contribution in [2.75, 3.05) is 19.1 Å². The van der Waals surface area contributed by atoms with Crippen LogP contribution in [0.5, 0.6) is 5.75 Å². The van der Waals surface area contributed by atoms with Crippen molar-refractivity contribution >= 4 is 33.5 Å². The van der Waals surface area contributed by atoms with Gasteiger partial charge < -0.3 is 14.6 Å². The molecule has 1 unspecified atom stereocenters. The van der Waals surface area contributed by atoms with E-state index >= 15 is 0 Å². The molecule has 0 saturated heterocycles. The predicted molar refractivity (Wildman–Crippen MR) is 99.0 cm³/mol. The number of halogens is 1. The van der Waals surface area contributed by atoms with Crippen molar-refractivity contribution in [1.82, 2.24) is 0 Å². The van der Waals surface area contributed by atoms with Gasteiger partial charge in [0.15, 0.2) is 5.76 Å². The van der Waals surface area contributed by atoms with Crippen molar-refractivity contribution in [2.24, 2.45) is 0 Å². The van der Waals surface area contributed by atoms with Crippen LogP contribution in [0.3, 0.4) is 0 Å². The Morgan fingerprint density at radius 3 is 2.23 bits per heavy atom. The van der Waals surface area contributed by atoms with Crippen LogP contribution in [-0.2, 0) is 14.3 Å². The molecule has 7 heteroatoms. The molecule has 0 aliphatic carbocycles. The van der Waals surface area contributed by atoms with Crippen molar-refractivity contribution in [3.63, 3.8) is 0 Å². The third-order valence-corrected chi connectivity index (χ3v) is 4.68. The summed E-state index contributed by atoms with van der Waals surface area (Å²) in [6.07, 6.45) is 0. The lowest BCUT2D eigenvalue weighted by molar-refractivity contribution is -0.136. The van der Waals surface area contributed by atoms with Gasteiger partial charge in [0.1, 0.15) is 11.3 Å². The van der Waals surface area contributed by atoms with E-state index in [2.05, 4.69) is 15.9 Å². The highest BCUT2D eigenvalue weighted by molar-refractivity contribution is 9.10. The summed E-state index contributed by atoms with van der Waals surface area (Å²) < 4.78 is 10.8. The molecule has 0 aromatic heterocycles. The zero-order valence-electron chi connectivity index (χ0n) is 14.1. The van der Waals surface area contributed by atoms with Crippen LogP contribution in [-0.4, -0.2) is 31.2 Å². The van der Waals surface area contributed by atoms with E-state index in [1.165, 1.54) is 12.0 Å². The van der Waals surface area contributed by atoms with E-state index in [1.807, 2.05) is 0 Å². The first-order valence-corrected chi connectivity index (χ1v) is 8.51. The van der Waals surface area contributed by atoms with Gasteiger partial charge in [-0.25, -0.2) is 4.79 Å². The number of carbonyl (C=O) groups is 2. The SMILES string of the molecule is COC(=O)C1=C(O)C(=O)N(c2ccc(OC)cc2)C1c1ccc(Br)cc1. The lowest BCUT2D eigenvalue weighted by Crippen LogP contribution is -2.31. The second kappa shape index (κ2) is 7.21. The van der Waals surface area contributed by atoms with E-state index in [0.717, 1.165) is 4.47 Å². The van der Waals surface area contributed by atoms with E-state index in [-0.39, 0.29) is 5.57 Å². The topological polar surface area (TPSA) is 76.1 Å². The normalized spacial score (nSPS) is 16.8. The monoisotopic (exact) mass is 417 g/mol. The lowest BCUT2D eigenvalue weighted by Gasteiger charge is -2.26. The third-order valence-electron chi connectivity index (χ3n) is 4.15. The van der Waals surface area contributed by atoms with Gasteiger partial charge in [-0.2, -0.15) is 0 Å². The zero-order chi connectivity index (χ0) is 18.8. The van der Waals surface area contributed by atoms with Crippen molar-refractivity contribution < 1.29 is 24.2 Å². The number of carbonyl (C=O) groups excluding carboxylic acids is 2. The molecule has 2 aromatic carbocycles. The molecule has 6 nitrogen and oxygen atoms in total. The van der Waals surface area contributed by atoms with E-state index in [1.54, 1.807) is 55.6 Å². The molecule has 0 radical (unpaired) electrons.